The summed E-state index contributed by atoms with van der Waals surface area (Å²) in [7, 11) is 0. The van der Waals surface area contributed by atoms with Crippen molar-refractivity contribution in [3.63, 3.8) is 0 Å². The van der Waals surface area contributed by atoms with Gasteiger partial charge >= 0.3 is 0 Å². The number of anilines is 1. The summed E-state index contributed by atoms with van der Waals surface area (Å²) < 4.78 is 1.02. The first-order valence-corrected chi connectivity index (χ1v) is 5.14. The van der Waals surface area contributed by atoms with Crippen molar-refractivity contribution in [3.05, 3.63) is 27.7 Å². The van der Waals surface area contributed by atoms with E-state index in [0.717, 1.165) is 15.2 Å². The van der Waals surface area contributed by atoms with Crippen molar-refractivity contribution in [2.24, 2.45) is 0 Å². The molecular formula is C9H9BrClN. The number of hydrogen-bond donors (Lipinski definition) is 1. The van der Waals surface area contributed by atoms with Crippen molar-refractivity contribution in [2.75, 3.05) is 5.32 Å². The number of benzene rings is 1. The second kappa shape index (κ2) is 3.27. The van der Waals surface area contributed by atoms with Crippen molar-refractivity contribution in [2.45, 2.75) is 18.9 Å². The van der Waals surface area contributed by atoms with Crippen LogP contribution in [-0.2, 0) is 0 Å². The molecule has 3 heteroatoms. The molecule has 1 nitrogen and oxygen atoms in total. The average molecular weight is 247 g/mol. The minimum atomic E-state index is 0.656. The van der Waals surface area contributed by atoms with E-state index in [4.69, 9.17) is 11.6 Å². The SMILES string of the molecule is Clc1cc(Br)ccc1NC1CC1. The van der Waals surface area contributed by atoms with Crippen molar-refractivity contribution in [1.82, 2.24) is 0 Å². The quantitative estimate of drug-likeness (QED) is 0.839. The summed E-state index contributed by atoms with van der Waals surface area (Å²) in [5, 5.41) is 4.15. The van der Waals surface area contributed by atoms with Gasteiger partial charge in [0.2, 0.25) is 0 Å². The Morgan fingerprint density at radius 2 is 2.17 bits per heavy atom. The van der Waals surface area contributed by atoms with Crippen LogP contribution in [0.4, 0.5) is 5.69 Å². The van der Waals surface area contributed by atoms with Gasteiger partial charge in [0, 0.05) is 10.5 Å². The zero-order valence-electron chi connectivity index (χ0n) is 6.48. The molecule has 0 radical (unpaired) electrons. The molecule has 0 saturated heterocycles. The first kappa shape index (κ1) is 8.39. The molecule has 0 heterocycles. The van der Waals surface area contributed by atoms with Gasteiger partial charge in [-0.2, -0.15) is 0 Å². The normalized spacial score (nSPS) is 16.2. The van der Waals surface area contributed by atoms with Crippen LogP contribution in [0.1, 0.15) is 12.8 Å². The lowest BCUT2D eigenvalue weighted by atomic mass is 10.3. The highest BCUT2D eigenvalue weighted by molar-refractivity contribution is 9.10. The summed E-state index contributed by atoms with van der Waals surface area (Å²) >= 11 is 9.37. The molecule has 1 aromatic rings. The molecule has 1 aromatic carbocycles. The van der Waals surface area contributed by atoms with Gasteiger partial charge in [0.1, 0.15) is 0 Å². The maximum atomic E-state index is 6.01. The standard InChI is InChI=1S/C9H9BrClN/c10-6-1-4-9(8(11)5-6)12-7-2-3-7/h1,4-5,7,12H,2-3H2. The van der Waals surface area contributed by atoms with Gasteiger partial charge in [0.25, 0.3) is 0 Å². The maximum absolute atomic E-state index is 6.01. The summed E-state index contributed by atoms with van der Waals surface area (Å²) in [6.07, 6.45) is 2.54. The second-order valence-electron chi connectivity index (χ2n) is 3.04. The van der Waals surface area contributed by atoms with E-state index in [2.05, 4.69) is 21.2 Å². The molecule has 0 spiro atoms. The molecule has 1 fully saturated rings. The molecule has 0 aliphatic heterocycles. The van der Waals surface area contributed by atoms with Gasteiger partial charge in [-0.3, -0.25) is 0 Å². The van der Waals surface area contributed by atoms with Gasteiger partial charge in [-0.25, -0.2) is 0 Å². The van der Waals surface area contributed by atoms with Crippen LogP contribution in [0.2, 0.25) is 5.02 Å². The van der Waals surface area contributed by atoms with Crippen LogP contribution in [0.3, 0.4) is 0 Å². The van der Waals surface area contributed by atoms with Crippen LogP contribution in [0.15, 0.2) is 22.7 Å². The largest absolute Gasteiger partial charge is 0.381 e. The maximum Gasteiger partial charge on any atom is 0.0648 e. The first-order valence-electron chi connectivity index (χ1n) is 3.97. The Kier molecular flexibility index (Phi) is 2.28. The van der Waals surface area contributed by atoms with E-state index in [9.17, 15) is 0 Å². The molecule has 0 amide bonds. The molecule has 2 rings (SSSR count). The third-order valence-electron chi connectivity index (χ3n) is 1.87. The lowest BCUT2D eigenvalue weighted by Crippen LogP contribution is -2.00. The van der Waals surface area contributed by atoms with Gasteiger partial charge in [-0.15, -0.1) is 0 Å². The van der Waals surface area contributed by atoms with E-state index in [1.165, 1.54) is 12.8 Å². The lowest BCUT2D eigenvalue weighted by Gasteiger charge is -2.06. The summed E-state index contributed by atoms with van der Waals surface area (Å²) in [5.74, 6) is 0. The highest BCUT2D eigenvalue weighted by Crippen LogP contribution is 2.30. The Balaban J connectivity index is 2.18. The van der Waals surface area contributed by atoms with Gasteiger partial charge in [0.05, 0.1) is 10.7 Å². The minimum Gasteiger partial charge on any atom is -0.381 e. The van der Waals surface area contributed by atoms with Crippen molar-refractivity contribution >= 4 is 33.2 Å². The molecule has 0 aromatic heterocycles. The Bertz CT molecular complexity index is 297. The molecule has 1 saturated carbocycles. The first-order chi connectivity index (χ1) is 5.75. The van der Waals surface area contributed by atoms with Crippen LogP contribution in [0.5, 0.6) is 0 Å². The predicted molar refractivity (Wildman–Crippen MR) is 55.8 cm³/mol. The molecule has 0 bridgehead atoms. The molecule has 0 atom stereocenters. The van der Waals surface area contributed by atoms with Crippen LogP contribution < -0.4 is 5.32 Å². The fourth-order valence-electron chi connectivity index (χ4n) is 1.05. The summed E-state index contributed by atoms with van der Waals surface area (Å²) in [4.78, 5) is 0. The smallest absolute Gasteiger partial charge is 0.0648 e. The second-order valence-corrected chi connectivity index (χ2v) is 4.37. The fraction of sp³-hybridized carbons (Fsp3) is 0.333. The summed E-state index contributed by atoms with van der Waals surface area (Å²) in [6, 6.07) is 6.57. The number of halogens is 2. The van der Waals surface area contributed by atoms with E-state index in [0.29, 0.717) is 6.04 Å². The highest BCUT2D eigenvalue weighted by Gasteiger charge is 2.21. The highest BCUT2D eigenvalue weighted by atomic mass is 79.9. The zero-order valence-corrected chi connectivity index (χ0v) is 8.82. The third-order valence-corrected chi connectivity index (χ3v) is 2.67. The van der Waals surface area contributed by atoms with Crippen molar-refractivity contribution in [3.8, 4) is 0 Å². The topological polar surface area (TPSA) is 12.0 Å². The fourth-order valence-corrected chi connectivity index (χ4v) is 1.78. The van der Waals surface area contributed by atoms with E-state index in [-0.39, 0.29) is 0 Å². The Labute approximate surface area is 85.2 Å². The van der Waals surface area contributed by atoms with E-state index in [1.807, 2.05) is 18.2 Å². The van der Waals surface area contributed by atoms with Gasteiger partial charge < -0.3 is 5.32 Å². The molecule has 12 heavy (non-hydrogen) atoms. The van der Waals surface area contributed by atoms with Crippen LogP contribution in [0.25, 0.3) is 0 Å². The van der Waals surface area contributed by atoms with Gasteiger partial charge in [-0.1, -0.05) is 27.5 Å². The van der Waals surface area contributed by atoms with Crippen molar-refractivity contribution in [1.29, 1.82) is 0 Å². The van der Waals surface area contributed by atoms with Gasteiger partial charge in [-0.05, 0) is 31.0 Å². The van der Waals surface area contributed by atoms with Crippen LogP contribution in [-0.4, -0.2) is 6.04 Å². The summed E-state index contributed by atoms with van der Waals surface area (Å²) in [6.45, 7) is 0. The Hall–Kier alpha value is -0.210. The summed E-state index contributed by atoms with van der Waals surface area (Å²) in [5.41, 5.74) is 1.04. The van der Waals surface area contributed by atoms with Gasteiger partial charge in [0.15, 0.2) is 0 Å². The molecule has 1 N–H and O–H groups in total. The number of hydrogen-bond acceptors (Lipinski definition) is 1. The van der Waals surface area contributed by atoms with E-state index in [1.54, 1.807) is 0 Å². The van der Waals surface area contributed by atoms with Crippen LogP contribution >= 0.6 is 27.5 Å². The lowest BCUT2D eigenvalue weighted by molar-refractivity contribution is 1.16. The molecule has 0 unspecified atom stereocenters. The average Bonchev–Trinajstić information content (AvgIpc) is 2.79. The number of rotatable bonds is 2. The zero-order chi connectivity index (χ0) is 8.55. The third kappa shape index (κ3) is 1.93. The molecule has 64 valence electrons. The molecule has 1 aliphatic carbocycles. The molecule has 1 aliphatic rings. The van der Waals surface area contributed by atoms with Crippen LogP contribution in [0, 0.1) is 0 Å². The van der Waals surface area contributed by atoms with E-state index >= 15 is 0 Å². The Morgan fingerprint density at radius 3 is 2.75 bits per heavy atom. The predicted octanol–water partition coefficient (Wildman–Crippen LogP) is 3.68. The Morgan fingerprint density at radius 1 is 1.42 bits per heavy atom. The van der Waals surface area contributed by atoms with E-state index < -0.39 is 0 Å². The minimum absolute atomic E-state index is 0.656. The number of nitrogens with one attached hydrogen (secondary N) is 1. The molecular weight excluding hydrogens is 237 g/mol. The monoisotopic (exact) mass is 245 g/mol. The van der Waals surface area contributed by atoms with Crippen molar-refractivity contribution < 1.29 is 0 Å².